The minimum absolute atomic E-state index is 0.152. The molecule has 0 aliphatic rings. The molecular weight excluding hydrogens is 610 g/mol. The van der Waals surface area contributed by atoms with E-state index in [1.54, 1.807) is 0 Å². The normalized spacial score (nSPS) is 12.5. The fourth-order valence-corrected chi connectivity index (χ4v) is 6.05. The van der Waals surface area contributed by atoms with Crippen LogP contribution in [-0.4, -0.2) is 49.6 Å². The molecule has 0 aromatic rings. The minimum Gasteiger partial charge on any atom is -0.424 e. The predicted octanol–water partition coefficient (Wildman–Crippen LogP) is 12.2. The second-order valence-corrected chi connectivity index (χ2v) is 14.5. The van der Waals surface area contributed by atoms with E-state index < -0.39 is 24.1 Å². The Kier molecular flexibility index (Phi) is 34.4. The Hall–Kier alpha value is -1.95. The van der Waals surface area contributed by atoms with E-state index in [1.807, 2.05) is 19.0 Å². The van der Waals surface area contributed by atoms with E-state index in [0.29, 0.717) is 6.54 Å². The molecular formula is C43H79NO5. The molecule has 6 heteroatoms. The lowest BCUT2D eigenvalue weighted by Gasteiger charge is -2.27. The number of ether oxygens (including phenoxy) is 2. The molecule has 0 amide bonds. The highest BCUT2D eigenvalue weighted by Crippen LogP contribution is 2.18. The summed E-state index contributed by atoms with van der Waals surface area (Å²) in [6.07, 6.45) is 39.7. The summed E-state index contributed by atoms with van der Waals surface area (Å²) in [5.41, 5.74) is 0. The van der Waals surface area contributed by atoms with E-state index in [-0.39, 0.29) is 18.6 Å². The summed E-state index contributed by atoms with van der Waals surface area (Å²) in [6, 6.07) is 0. The molecule has 6 nitrogen and oxygen atoms in total. The zero-order chi connectivity index (χ0) is 36.2. The van der Waals surface area contributed by atoms with Crippen LogP contribution < -0.4 is 0 Å². The molecule has 0 rings (SSSR count). The third-order valence-electron chi connectivity index (χ3n) is 9.19. The number of rotatable bonds is 36. The lowest BCUT2D eigenvalue weighted by atomic mass is 10.0. The zero-order valence-electron chi connectivity index (χ0n) is 33.0. The molecule has 1 atom stereocenters. The van der Waals surface area contributed by atoms with Crippen molar-refractivity contribution in [3.8, 4) is 0 Å². The molecule has 0 aliphatic carbocycles. The first-order chi connectivity index (χ1) is 23.8. The maximum atomic E-state index is 12.7. The number of nitrogens with zero attached hydrogens (tertiary/aromatic N) is 1. The number of Topliss-reactive ketones (excluding diaryl/α,β-unsaturated/α-hetero) is 1. The smallest absolute Gasteiger partial charge is 0.308 e. The fourth-order valence-electron chi connectivity index (χ4n) is 6.05. The van der Waals surface area contributed by atoms with Crippen molar-refractivity contribution in [1.82, 2.24) is 4.90 Å². The molecule has 0 heterocycles. The number of hydrogen-bond acceptors (Lipinski definition) is 6. The molecule has 286 valence electrons. The molecule has 0 N–H and O–H groups in total. The van der Waals surface area contributed by atoms with Crippen molar-refractivity contribution in [2.45, 2.75) is 207 Å². The molecule has 49 heavy (non-hydrogen) atoms. The summed E-state index contributed by atoms with van der Waals surface area (Å²) in [5.74, 6) is -1.66. The van der Waals surface area contributed by atoms with Crippen LogP contribution >= 0.6 is 0 Å². The fraction of sp³-hybridized carbons (Fsp3) is 0.837. The Labute approximate surface area is 303 Å². The topological polar surface area (TPSA) is 72.9 Å². The average molecular weight is 690 g/mol. The van der Waals surface area contributed by atoms with Crippen molar-refractivity contribution >= 4 is 17.7 Å². The number of carbonyl (C=O) groups is 3. The van der Waals surface area contributed by atoms with Gasteiger partial charge in [-0.1, -0.05) is 141 Å². The van der Waals surface area contributed by atoms with Gasteiger partial charge in [-0.2, -0.15) is 0 Å². The van der Waals surface area contributed by atoms with Gasteiger partial charge in [0.25, 0.3) is 6.29 Å². The summed E-state index contributed by atoms with van der Waals surface area (Å²) < 4.78 is 11.3. The number of ketones is 1. The van der Waals surface area contributed by atoms with Crippen LogP contribution in [0.25, 0.3) is 0 Å². The van der Waals surface area contributed by atoms with Crippen LogP contribution in [0.4, 0.5) is 0 Å². The molecule has 1 unspecified atom stereocenters. The molecule has 0 saturated carbocycles. The lowest BCUT2D eigenvalue weighted by molar-refractivity contribution is -0.198. The summed E-state index contributed by atoms with van der Waals surface area (Å²) in [7, 11) is 3.71. The quantitative estimate of drug-likeness (QED) is 0.0282. The number of hydrogen-bond donors (Lipinski definition) is 0. The zero-order valence-corrected chi connectivity index (χ0v) is 33.0. The Bertz CT molecular complexity index is 782. The SMILES string of the molecule is CCCCCCCC/C=C\CCCCCCCC(=O)OC(OC(=O)CCCCCCC/C=C\CCCCCCCC)C(CN(C)C)C(C)=O. The Morgan fingerprint density at radius 2 is 0.796 bits per heavy atom. The Balaban J connectivity index is 4.25. The highest BCUT2D eigenvalue weighted by atomic mass is 16.7. The Morgan fingerprint density at radius 3 is 1.10 bits per heavy atom. The monoisotopic (exact) mass is 690 g/mol. The number of unbranched alkanes of at least 4 members (excludes halogenated alkanes) is 22. The summed E-state index contributed by atoms with van der Waals surface area (Å²) >= 11 is 0. The van der Waals surface area contributed by atoms with Gasteiger partial charge in [-0.25, -0.2) is 0 Å². The van der Waals surface area contributed by atoms with Crippen LogP contribution in [-0.2, 0) is 23.9 Å². The summed E-state index contributed by atoms with van der Waals surface area (Å²) in [4.78, 5) is 39.8. The molecule has 0 aliphatic heterocycles. The molecule has 0 saturated heterocycles. The van der Waals surface area contributed by atoms with Crippen LogP contribution in [0.15, 0.2) is 24.3 Å². The van der Waals surface area contributed by atoms with Crippen LogP contribution in [0.1, 0.15) is 201 Å². The van der Waals surface area contributed by atoms with Crippen molar-refractivity contribution < 1.29 is 23.9 Å². The van der Waals surface area contributed by atoms with Crippen LogP contribution in [0.5, 0.6) is 0 Å². The van der Waals surface area contributed by atoms with E-state index >= 15 is 0 Å². The molecule has 0 fully saturated rings. The van der Waals surface area contributed by atoms with Crippen molar-refractivity contribution in [2.24, 2.45) is 5.92 Å². The second-order valence-electron chi connectivity index (χ2n) is 14.5. The molecule has 0 aromatic carbocycles. The summed E-state index contributed by atoms with van der Waals surface area (Å²) in [6.45, 7) is 6.33. The average Bonchev–Trinajstić information content (AvgIpc) is 3.06. The van der Waals surface area contributed by atoms with Gasteiger partial charge in [0.2, 0.25) is 0 Å². The van der Waals surface area contributed by atoms with E-state index in [1.165, 1.54) is 110 Å². The van der Waals surface area contributed by atoms with Crippen molar-refractivity contribution in [1.29, 1.82) is 0 Å². The maximum absolute atomic E-state index is 12.7. The van der Waals surface area contributed by atoms with Gasteiger partial charge in [0.1, 0.15) is 11.7 Å². The van der Waals surface area contributed by atoms with E-state index in [2.05, 4.69) is 38.2 Å². The first-order valence-corrected chi connectivity index (χ1v) is 20.7. The van der Waals surface area contributed by atoms with Gasteiger partial charge in [0.15, 0.2) is 0 Å². The highest BCUT2D eigenvalue weighted by Gasteiger charge is 2.32. The van der Waals surface area contributed by atoms with E-state index in [0.717, 1.165) is 64.2 Å². The van der Waals surface area contributed by atoms with Crippen LogP contribution in [0, 0.1) is 5.92 Å². The van der Waals surface area contributed by atoms with Crippen LogP contribution in [0.3, 0.4) is 0 Å². The standard InChI is InChI=1S/C43H79NO5/c1-6-8-10-12-14-16-18-20-22-24-26-28-30-32-34-36-41(46)48-43(40(39(3)45)38-44(4)5)49-42(47)37-35-33-31-29-27-25-23-21-19-17-15-13-11-9-7-2/h20-23,40,43H,6-19,24-38H2,1-5H3/b22-20-,23-21-. The first kappa shape index (κ1) is 47.0. The van der Waals surface area contributed by atoms with Crippen molar-refractivity contribution in [3.05, 3.63) is 24.3 Å². The van der Waals surface area contributed by atoms with E-state index in [9.17, 15) is 14.4 Å². The maximum Gasteiger partial charge on any atom is 0.308 e. The van der Waals surface area contributed by atoms with Gasteiger partial charge in [0.05, 0.1) is 0 Å². The van der Waals surface area contributed by atoms with Gasteiger partial charge in [0, 0.05) is 19.4 Å². The van der Waals surface area contributed by atoms with Crippen molar-refractivity contribution in [2.75, 3.05) is 20.6 Å². The minimum atomic E-state index is -1.17. The first-order valence-electron chi connectivity index (χ1n) is 20.7. The largest absolute Gasteiger partial charge is 0.424 e. The molecule has 0 radical (unpaired) electrons. The molecule has 0 aromatic heterocycles. The van der Waals surface area contributed by atoms with Gasteiger partial charge in [-0.15, -0.1) is 0 Å². The highest BCUT2D eigenvalue weighted by molar-refractivity contribution is 5.80. The number of esters is 2. The van der Waals surface area contributed by atoms with Gasteiger partial charge < -0.3 is 14.4 Å². The van der Waals surface area contributed by atoms with Gasteiger partial charge in [-0.05, 0) is 85.2 Å². The summed E-state index contributed by atoms with van der Waals surface area (Å²) in [5, 5.41) is 0. The van der Waals surface area contributed by atoms with Gasteiger partial charge >= 0.3 is 11.9 Å². The lowest BCUT2D eigenvalue weighted by Crippen LogP contribution is -2.41. The third kappa shape index (κ3) is 33.0. The van der Waals surface area contributed by atoms with Crippen LogP contribution in [0.2, 0.25) is 0 Å². The molecule has 0 bridgehead atoms. The van der Waals surface area contributed by atoms with Gasteiger partial charge in [-0.3, -0.25) is 14.4 Å². The second kappa shape index (κ2) is 35.9. The Morgan fingerprint density at radius 1 is 0.490 bits per heavy atom. The van der Waals surface area contributed by atoms with Crippen molar-refractivity contribution in [3.63, 3.8) is 0 Å². The number of allylic oxidation sites excluding steroid dienone is 4. The predicted molar refractivity (Wildman–Crippen MR) is 208 cm³/mol. The third-order valence-corrected chi connectivity index (χ3v) is 9.19. The van der Waals surface area contributed by atoms with E-state index in [4.69, 9.17) is 9.47 Å². The molecule has 0 spiro atoms. The number of carbonyl (C=O) groups excluding carboxylic acids is 3.